The van der Waals surface area contributed by atoms with E-state index in [4.69, 9.17) is 4.74 Å². The van der Waals surface area contributed by atoms with Crippen molar-refractivity contribution in [2.75, 3.05) is 6.61 Å². The lowest BCUT2D eigenvalue weighted by Gasteiger charge is -2.07. The van der Waals surface area contributed by atoms with Gasteiger partial charge in [0.05, 0.1) is 11.5 Å². The highest BCUT2D eigenvalue weighted by molar-refractivity contribution is 5.68. The summed E-state index contributed by atoms with van der Waals surface area (Å²) in [7, 11) is 0. The summed E-state index contributed by atoms with van der Waals surface area (Å²) in [6.45, 7) is 1.96. The molecule has 0 amide bonds. The molecule has 0 saturated heterocycles. The van der Waals surface area contributed by atoms with E-state index >= 15 is 0 Å². The molecular formula is C9H9N5O4. The molecule has 1 aromatic heterocycles. The number of H-pyrrole nitrogens is 1. The molecule has 0 aliphatic rings. The molecule has 0 aliphatic heterocycles. The molecule has 94 valence electrons. The molecular weight excluding hydrogens is 242 g/mol. The van der Waals surface area contributed by atoms with Crippen LogP contribution < -0.4 is 4.74 Å². The van der Waals surface area contributed by atoms with Crippen molar-refractivity contribution in [1.82, 2.24) is 20.6 Å². The predicted octanol–water partition coefficient (Wildman–Crippen LogP) is 0.879. The lowest BCUT2D eigenvalue weighted by molar-refractivity contribution is -0.385. The van der Waals surface area contributed by atoms with E-state index in [1.165, 1.54) is 6.07 Å². The number of nitrogens with zero attached hydrogens (tertiary/aromatic N) is 4. The van der Waals surface area contributed by atoms with Crippen LogP contribution in [0.5, 0.6) is 11.5 Å². The van der Waals surface area contributed by atoms with Crippen LogP contribution in [0, 0.1) is 10.1 Å². The van der Waals surface area contributed by atoms with Crippen molar-refractivity contribution in [2.45, 2.75) is 6.92 Å². The SMILES string of the molecule is CCOc1cc(-c2nn[nH]n2)cc([N+](=O)[O-])c1O. The molecule has 0 fully saturated rings. The van der Waals surface area contributed by atoms with Gasteiger partial charge in [0, 0.05) is 11.6 Å². The number of ether oxygens (including phenoxy) is 1. The number of phenols is 1. The number of tetrazole rings is 1. The summed E-state index contributed by atoms with van der Waals surface area (Å²) in [4.78, 5) is 10.1. The Morgan fingerprint density at radius 3 is 2.89 bits per heavy atom. The molecule has 2 aromatic rings. The molecule has 9 heteroatoms. The van der Waals surface area contributed by atoms with Crippen LogP contribution in [-0.2, 0) is 0 Å². The highest BCUT2D eigenvalue weighted by atomic mass is 16.6. The zero-order valence-corrected chi connectivity index (χ0v) is 9.32. The molecule has 2 rings (SSSR count). The maximum Gasteiger partial charge on any atom is 0.315 e. The van der Waals surface area contributed by atoms with E-state index in [1.807, 2.05) is 0 Å². The minimum Gasteiger partial charge on any atom is -0.500 e. The third-order valence-corrected chi connectivity index (χ3v) is 2.15. The molecule has 0 aliphatic carbocycles. The van der Waals surface area contributed by atoms with Crippen molar-refractivity contribution in [3.63, 3.8) is 0 Å². The van der Waals surface area contributed by atoms with E-state index in [2.05, 4.69) is 20.6 Å². The molecule has 0 saturated carbocycles. The summed E-state index contributed by atoms with van der Waals surface area (Å²) in [5, 5.41) is 33.5. The number of phenolic OH excluding ortho intramolecular Hbond substituents is 1. The Kier molecular flexibility index (Phi) is 3.04. The zero-order chi connectivity index (χ0) is 13.1. The fourth-order valence-electron chi connectivity index (χ4n) is 1.41. The largest absolute Gasteiger partial charge is 0.500 e. The Hall–Kier alpha value is -2.71. The van der Waals surface area contributed by atoms with Gasteiger partial charge in [-0.05, 0) is 18.2 Å². The molecule has 0 atom stereocenters. The second-order valence-corrected chi connectivity index (χ2v) is 3.27. The Morgan fingerprint density at radius 1 is 1.56 bits per heavy atom. The van der Waals surface area contributed by atoms with Gasteiger partial charge < -0.3 is 9.84 Å². The van der Waals surface area contributed by atoms with Crippen LogP contribution in [0.3, 0.4) is 0 Å². The van der Waals surface area contributed by atoms with Gasteiger partial charge in [0.15, 0.2) is 5.75 Å². The first-order chi connectivity index (χ1) is 8.63. The number of aromatic hydroxyl groups is 1. The van der Waals surface area contributed by atoms with Crippen LogP contribution in [-0.4, -0.2) is 37.3 Å². The molecule has 0 spiro atoms. The van der Waals surface area contributed by atoms with Crippen LogP contribution in [0.25, 0.3) is 11.4 Å². The number of nitro groups is 1. The van der Waals surface area contributed by atoms with Crippen molar-refractivity contribution >= 4 is 5.69 Å². The third-order valence-electron chi connectivity index (χ3n) is 2.15. The van der Waals surface area contributed by atoms with Gasteiger partial charge in [0.2, 0.25) is 11.6 Å². The highest BCUT2D eigenvalue weighted by Crippen LogP contribution is 2.39. The minimum absolute atomic E-state index is 0.00602. The smallest absolute Gasteiger partial charge is 0.315 e. The molecule has 1 aromatic carbocycles. The number of nitrogens with one attached hydrogen (secondary N) is 1. The van der Waals surface area contributed by atoms with Crippen LogP contribution in [0.1, 0.15) is 6.92 Å². The summed E-state index contributed by atoms with van der Waals surface area (Å²) in [5.41, 5.74) is -0.141. The van der Waals surface area contributed by atoms with Crippen LogP contribution >= 0.6 is 0 Å². The first kappa shape index (κ1) is 11.8. The zero-order valence-electron chi connectivity index (χ0n) is 9.32. The van der Waals surface area contributed by atoms with Gasteiger partial charge in [-0.15, -0.1) is 10.2 Å². The quantitative estimate of drug-likeness (QED) is 0.609. The molecule has 1 heterocycles. The Bertz CT molecular complexity index is 569. The number of aromatic nitrogens is 4. The van der Waals surface area contributed by atoms with E-state index in [9.17, 15) is 15.2 Å². The van der Waals surface area contributed by atoms with Crippen LogP contribution in [0.2, 0.25) is 0 Å². The lowest BCUT2D eigenvalue weighted by Crippen LogP contribution is -1.97. The van der Waals surface area contributed by atoms with E-state index < -0.39 is 16.4 Å². The fourth-order valence-corrected chi connectivity index (χ4v) is 1.41. The number of benzene rings is 1. The number of rotatable bonds is 4. The van der Waals surface area contributed by atoms with Gasteiger partial charge in [0.1, 0.15) is 0 Å². The fraction of sp³-hybridized carbons (Fsp3) is 0.222. The summed E-state index contributed by atoms with van der Waals surface area (Å²) >= 11 is 0. The van der Waals surface area contributed by atoms with E-state index in [1.54, 1.807) is 6.92 Å². The number of aromatic amines is 1. The summed E-state index contributed by atoms with van der Waals surface area (Å²) in [5.74, 6) is -0.334. The maximum atomic E-state index is 10.8. The number of hydrogen-bond acceptors (Lipinski definition) is 7. The maximum absolute atomic E-state index is 10.8. The average molecular weight is 251 g/mol. The average Bonchev–Trinajstić information content (AvgIpc) is 2.85. The second kappa shape index (κ2) is 4.65. The van der Waals surface area contributed by atoms with Crippen molar-refractivity contribution < 1.29 is 14.8 Å². The van der Waals surface area contributed by atoms with E-state index in [-0.39, 0.29) is 18.2 Å². The lowest BCUT2D eigenvalue weighted by atomic mass is 10.1. The normalized spacial score (nSPS) is 10.3. The molecule has 0 radical (unpaired) electrons. The molecule has 9 nitrogen and oxygen atoms in total. The molecule has 0 bridgehead atoms. The summed E-state index contributed by atoms with van der Waals surface area (Å²) < 4.78 is 5.13. The molecule has 2 N–H and O–H groups in total. The van der Waals surface area contributed by atoms with Crippen LogP contribution in [0.15, 0.2) is 12.1 Å². The van der Waals surface area contributed by atoms with E-state index in [0.717, 1.165) is 6.07 Å². The Balaban J connectivity index is 2.58. The topological polar surface area (TPSA) is 127 Å². The van der Waals surface area contributed by atoms with Gasteiger partial charge in [-0.1, -0.05) is 0 Å². The standard InChI is InChI=1S/C9H9N5O4/c1-2-18-7-4-5(9-10-12-13-11-9)3-6(8(7)15)14(16)17/h3-4,15H,2H2,1H3,(H,10,11,12,13). The Labute approximate surface area is 101 Å². The first-order valence-electron chi connectivity index (χ1n) is 5.01. The number of hydrogen-bond donors (Lipinski definition) is 2. The molecule has 0 unspecified atom stereocenters. The van der Waals surface area contributed by atoms with Gasteiger partial charge >= 0.3 is 5.69 Å². The van der Waals surface area contributed by atoms with Crippen LogP contribution in [0.4, 0.5) is 5.69 Å². The minimum atomic E-state index is -0.707. The van der Waals surface area contributed by atoms with Gasteiger partial charge in [-0.2, -0.15) is 5.21 Å². The van der Waals surface area contributed by atoms with Crippen molar-refractivity contribution in [2.24, 2.45) is 0 Å². The summed E-state index contributed by atoms with van der Waals surface area (Å²) in [6, 6.07) is 2.57. The molecule has 18 heavy (non-hydrogen) atoms. The van der Waals surface area contributed by atoms with Gasteiger partial charge in [-0.25, -0.2) is 0 Å². The third kappa shape index (κ3) is 2.05. The van der Waals surface area contributed by atoms with Gasteiger partial charge in [-0.3, -0.25) is 10.1 Å². The summed E-state index contributed by atoms with van der Waals surface area (Å²) in [6.07, 6.45) is 0. The highest BCUT2D eigenvalue weighted by Gasteiger charge is 2.21. The Morgan fingerprint density at radius 2 is 2.33 bits per heavy atom. The van der Waals surface area contributed by atoms with Gasteiger partial charge in [0.25, 0.3) is 0 Å². The monoisotopic (exact) mass is 251 g/mol. The van der Waals surface area contributed by atoms with Crippen molar-refractivity contribution in [1.29, 1.82) is 0 Å². The number of nitro benzene ring substituents is 1. The first-order valence-corrected chi connectivity index (χ1v) is 5.01. The predicted molar refractivity (Wildman–Crippen MR) is 59.1 cm³/mol. The van der Waals surface area contributed by atoms with Crippen molar-refractivity contribution in [3.05, 3.63) is 22.2 Å². The second-order valence-electron chi connectivity index (χ2n) is 3.27. The van der Waals surface area contributed by atoms with Crippen molar-refractivity contribution in [3.8, 4) is 22.9 Å². The van der Waals surface area contributed by atoms with E-state index in [0.29, 0.717) is 5.56 Å².